The quantitative estimate of drug-likeness (QED) is 0.624. The van der Waals surface area contributed by atoms with E-state index < -0.39 is 6.03 Å². The number of primary amides is 1. The number of amides is 2. The lowest BCUT2D eigenvalue weighted by atomic mass is 9.92. The Kier molecular flexibility index (Phi) is 2.83. The summed E-state index contributed by atoms with van der Waals surface area (Å²) in [7, 11) is 0. The van der Waals surface area contributed by atoms with E-state index >= 15 is 0 Å². The van der Waals surface area contributed by atoms with Crippen molar-refractivity contribution in [3.8, 4) is 0 Å². The van der Waals surface area contributed by atoms with Gasteiger partial charge in [0.2, 0.25) is 0 Å². The minimum atomic E-state index is -0.543. The fourth-order valence-electron chi connectivity index (χ4n) is 1.16. The van der Waals surface area contributed by atoms with Crippen LogP contribution in [-0.2, 0) is 0 Å². The Hall–Kier alpha value is -1.16. The topological polar surface area (TPSA) is 55.1 Å². The second-order valence-electron chi connectivity index (χ2n) is 3.04. The van der Waals surface area contributed by atoms with Gasteiger partial charge in [-0.05, 0) is 24.6 Å². The van der Waals surface area contributed by atoms with E-state index in [0.717, 1.165) is 16.1 Å². The molecule has 0 radical (unpaired) electrons. The summed E-state index contributed by atoms with van der Waals surface area (Å²) in [6.45, 7) is 3.94. The molecule has 3 nitrogen and oxygen atoms in total. The van der Waals surface area contributed by atoms with Gasteiger partial charge in [0.1, 0.15) is 0 Å². The van der Waals surface area contributed by atoms with E-state index in [2.05, 4.69) is 5.32 Å². The van der Waals surface area contributed by atoms with Crippen LogP contribution in [0.2, 0.25) is 0 Å². The molecule has 0 aliphatic heterocycles. The number of carbonyl (C=O) groups is 1. The van der Waals surface area contributed by atoms with Crippen molar-refractivity contribution in [2.45, 2.75) is 13.8 Å². The predicted molar refractivity (Wildman–Crippen MR) is 56.3 cm³/mol. The molecule has 0 saturated heterocycles. The van der Waals surface area contributed by atoms with Gasteiger partial charge in [-0.1, -0.05) is 19.1 Å². The first-order valence-corrected chi connectivity index (χ1v) is 4.42. The smallest absolute Gasteiger partial charge is 0.316 e. The summed E-state index contributed by atoms with van der Waals surface area (Å²) in [5.41, 5.74) is 6.82. The summed E-state index contributed by atoms with van der Waals surface area (Å²) in [5.74, 6) is 0.196. The Morgan fingerprint density at radius 1 is 1.62 bits per heavy atom. The molecule has 1 unspecified atom stereocenters. The van der Waals surface area contributed by atoms with Crippen molar-refractivity contribution in [1.82, 2.24) is 5.32 Å². The molecular weight excluding hydrogens is 184 g/mol. The lowest BCUT2D eigenvalue weighted by molar-refractivity contribution is 0.251. The molecule has 0 spiro atoms. The number of hydrogen-bond donors (Lipinski definition) is 2. The molecule has 1 aliphatic carbocycles. The van der Waals surface area contributed by atoms with E-state index in [-0.39, 0.29) is 5.92 Å². The van der Waals surface area contributed by atoms with Crippen LogP contribution in [0.4, 0.5) is 4.79 Å². The molecule has 1 rings (SSSR count). The molecule has 0 heterocycles. The summed E-state index contributed by atoms with van der Waals surface area (Å²) in [5, 5.41) is 2.55. The van der Waals surface area contributed by atoms with Gasteiger partial charge in [0, 0.05) is 16.5 Å². The molecule has 13 heavy (non-hydrogen) atoms. The van der Waals surface area contributed by atoms with Crippen molar-refractivity contribution in [2.75, 3.05) is 0 Å². The van der Waals surface area contributed by atoms with Crippen molar-refractivity contribution >= 4 is 23.1 Å². The van der Waals surface area contributed by atoms with Crippen molar-refractivity contribution in [3.05, 3.63) is 23.4 Å². The van der Waals surface area contributed by atoms with E-state index in [1.54, 1.807) is 6.08 Å². The van der Waals surface area contributed by atoms with Gasteiger partial charge in [-0.3, -0.25) is 0 Å². The Morgan fingerprint density at radius 2 is 2.23 bits per heavy atom. The van der Waals surface area contributed by atoms with Crippen LogP contribution < -0.4 is 11.1 Å². The minimum Gasteiger partial charge on any atom is -0.351 e. The van der Waals surface area contributed by atoms with Crippen molar-refractivity contribution < 1.29 is 4.79 Å². The molecule has 4 heteroatoms. The van der Waals surface area contributed by atoms with Crippen LogP contribution in [0, 0.1) is 5.92 Å². The number of thiocarbonyl (C=S) groups is 1. The molecule has 0 aromatic rings. The molecule has 3 N–H and O–H groups in total. The summed E-state index contributed by atoms with van der Waals surface area (Å²) < 4.78 is 0. The Labute approximate surface area is 82.7 Å². The molecule has 0 bridgehead atoms. The van der Waals surface area contributed by atoms with Crippen molar-refractivity contribution in [2.24, 2.45) is 11.7 Å². The Balaban J connectivity index is 2.91. The molecular formula is C9H12N2OS. The largest absolute Gasteiger partial charge is 0.351 e. The van der Waals surface area contributed by atoms with Crippen LogP contribution in [0.5, 0.6) is 0 Å². The third-order valence-electron chi connectivity index (χ3n) is 2.17. The van der Waals surface area contributed by atoms with Crippen molar-refractivity contribution in [1.29, 1.82) is 0 Å². The first kappa shape index (κ1) is 9.92. The zero-order chi connectivity index (χ0) is 10.0. The summed E-state index contributed by atoms with van der Waals surface area (Å²) in [6, 6.07) is -0.543. The van der Waals surface area contributed by atoms with Gasteiger partial charge in [0.15, 0.2) is 0 Å². The molecule has 0 saturated carbocycles. The van der Waals surface area contributed by atoms with Crippen LogP contribution in [-0.4, -0.2) is 10.9 Å². The summed E-state index contributed by atoms with van der Waals surface area (Å²) in [4.78, 5) is 11.5. The predicted octanol–water partition coefficient (Wildman–Crippen LogP) is 1.50. The highest BCUT2D eigenvalue weighted by Crippen LogP contribution is 2.21. The molecule has 1 atom stereocenters. The SMILES string of the molecule is CC1=C(NC(N)=O)C=CC(=S)C1C. The monoisotopic (exact) mass is 196 g/mol. The van der Waals surface area contributed by atoms with Gasteiger partial charge in [-0.2, -0.15) is 0 Å². The Morgan fingerprint density at radius 3 is 2.77 bits per heavy atom. The second kappa shape index (κ2) is 3.70. The highest BCUT2D eigenvalue weighted by Gasteiger charge is 2.16. The summed E-state index contributed by atoms with van der Waals surface area (Å²) >= 11 is 5.11. The summed E-state index contributed by atoms with van der Waals surface area (Å²) in [6.07, 6.45) is 3.60. The van der Waals surface area contributed by atoms with Crippen LogP contribution >= 0.6 is 12.2 Å². The van der Waals surface area contributed by atoms with Crippen LogP contribution in [0.25, 0.3) is 0 Å². The average Bonchev–Trinajstić information content (AvgIpc) is 2.06. The highest BCUT2D eigenvalue weighted by atomic mass is 32.1. The van der Waals surface area contributed by atoms with Crippen LogP contribution in [0.15, 0.2) is 23.4 Å². The number of carbonyl (C=O) groups excluding carboxylic acids is 1. The number of urea groups is 1. The van der Waals surface area contributed by atoms with Gasteiger partial charge in [0.25, 0.3) is 0 Å². The molecule has 70 valence electrons. The fraction of sp³-hybridized carbons (Fsp3) is 0.333. The van der Waals surface area contributed by atoms with Gasteiger partial charge in [-0.25, -0.2) is 4.79 Å². The standard InChI is InChI=1S/C9H12N2OS/c1-5-6(2)8(13)4-3-7(5)11-9(10)12/h3-4,6H,1-2H3,(H3,10,11,12). The highest BCUT2D eigenvalue weighted by molar-refractivity contribution is 7.80. The molecule has 0 aromatic heterocycles. The minimum absolute atomic E-state index is 0.196. The number of nitrogens with two attached hydrogens (primary N) is 1. The third kappa shape index (κ3) is 2.15. The lowest BCUT2D eigenvalue weighted by Gasteiger charge is -2.19. The maximum Gasteiger partial charge on any atom is 0.316 e. The molecule has 1 aliphatic rings. The lowest BCUT2D eigenvalue weighted by Crippen LogP contribution is -2.31. The van der Waals surface area contributed by atoms with Gasteiger partial charge in [0.05, 0.1) is 0 Å². The maximum absolute atomic E-state index is 10.6. The van der Waals surface area contributed by atoms with Crippen LogP contribution in [0.1, 0.15) is 13.8 Å². The van der Waals surface area contributed by atoms with Gasteiger partial charge >= 0.3 is 6.03 Å². The molecule has 2 amide bonds. The first-order valence-electron chi connectivity index (χ1n) is 4.01. The zero-order valence-corrected chi connectivity index (χ0v) is 8.44. The zero-order valence-electron chi connectivity index (χ0n) is 7.63. The number of hydrogen-bond acceptors (Lipinski definition) is 2. The average molecular weight is 196 g/mol. The van der Waals surface area contributed by atoms with E-state index in [0.29, 0.717) is 0 Å². The van der Waals surface area contributed by atoms with E-state index in [9.17, 15) is 4.79 Å². The van der Waals surface area contributed by atoms with E-state index in [4.69, 9.17) is 18.0 Å². The fourth-order valence-corrected chi connectivity index (χ4v) is 1.41. The maximum atomic E-state index is 10.6. The van der Waals surface area contributed by atoms with E-state index in [1.165, 1.54) is 0 Å². The third-order valence-corrected chi connectivity index (χ3v) is 2.66. The van der Waals surface area contributed by atoms with E-state index in [1.807, 2.05) is 19.9 Å². The normalized spacial score (nSPS) is 22.0. The van der Waals surface area contributed by atoms with Gasteiger partial charge < -0.3 is 11.1 Å². The number of allylic oxidation sites excluding steroid dienone is 3. The van der Waals surface area contributed by atoms with Crippen molar-refractivity contribution in [3.63, 3.8) is 0 Å². The second-order valence-corrected chi connectivity index (χ2v) is 3.51. The van der Waals surface area contributed by atoms with Crippen LogP contribution in [0.3, 0.4) is 0 Å². The first-order chi connectivity index (χ1) is 6.02. The van der Waals surface area contributed by atoms with Gasteiger partial charge in [-0.15, -0.1) is 0 Å². The Bertz CT molecular complexity index is 318. The number of rotatable bonds is 1. The molecule has 0 fully saturated rings. The number of nitrogens with one attached hydrogen (secondary N) is 1. The molecule has 0 aromatic carbocycles.